The summed E-state index contributed by atoms with van der Waals surface area (Å²) in [6, 6.07) is 2.93. The second kappa shape index (κ2) is 6.65. The van der Waals surface area contributed by atoms with E-state index < -0.39 is 16.6 Å². The van der Waals surface area contributed by atoms with Crippen molar-refractivity contribution in [3.8, 4) is 0 Å². The van der Waals surface area contributed by atoms with E-state index in [9.17, 15) is 19.3 Å². The molecule has 0 spiro atoms. The molecule has 0 radical (unpaired) electrons. The fourth-order valence-electron chi connectivity index (χ4n) is 1.37. The van der Waals surface area contributed by atoms with Crippen molar-refractivity contribution in [3.63, 3.8) is 0 Å². The fourth-order valence-corrected chi connectivity index (χ4v) is 1.37. The number of carbonyl (C=O) groups excluding carboxylic acids is 1. The third kappa shape index (κ3) is 3.77. The molecule has 0 atom stereocenters. The van der Waals surface area contributed by atoms with Crippen molar-refractivity contribution in [1.82, 2.24) is 5.32 Å². The summed E-state index contributed by atoms with van der Waals surface area (Å²) in [6.07, 6.45) is 1.47. The Morgan fingerprint density at radius 2 is 2.17 bits per heavy atom. The highest BCUT2D eigenvalue weighted by Gasteiger charge is 2.15. The predicted molar refractivity (Wildman–Crippen MR) is 63.7 cm³/mol. The van der Waals surface area contributed by atoms with Gasteiger partial charge in [-0.25, -0.2) is 4.39 Å². The quantitative estimate of drug-likeness (QED) is 0.453. The number of hydrogen-bond acceptors (Lipinski definition) is 4. The van der Waals surface area contributed by atoms with E-state index in [1.165, 1.54) is 0 Å². The molecular weight excluding hydrogens is 241 g/mol. The third-order valence-electron chi connectivity index (χ3n) is 2.32. The summed E-state index contributed by atoms with van der Waals surface area (Å²) in [6.45, 7) is 0.925. The molecule has 98 valence electrons. The summed E-state index contributed by atoms with van der Waals surface area (Å²) < 4.78 is 13.5. The van der Waals surface area contributed by atoms with Gasteiger partial charge in [0, 0.05) is 12.6 Å². The number of non-ortho nitro benzene ring substituents is 1. The number of carbonyl (C=O) groups is 1. The van der Waals surface area contributed by atoms with E-state index in [1.807, 2.05) is 0 Å². The zero-order chi connectivity index (χ0) is 13.5. The van der Waals surface area contributed by atoms with Crippen molar-refractivity contribution in [2.75, 3.05) is 13.1 Å². The summed E-state index contributed by atoms with van der Waals surface area (Å²) in [7, 11) is 0. The molecular formula is C11H14FN3O3. The van der Waals surface area contributed by atoms with Crippen molar-refractivity contribution in [2.45, 2.75) is 12.8 Å². The van der Waals surface area contributed by atoms with Gasteiger partial charge in [0.05, 0.1) is 16.6 Å². The van der Waals surface area contributed by atoms with Crippen LogP contribution in [0.15, 0.2) is 18.2 Å². The van der Waals surface area contributed by atoms with Crippen molar-refractivity contribution in [1.29, 1.82) is 0 Å². The highest BCUT2D eigenvalue weighted by Crippen LogP contribution is 2.16. The van der Waals surface area contributed by atoms with Crippen LogP contribution in [0.3, 0.4) is 0 Å². The molecule has 1 amide bonds. The molecule has 0 aromatic heterocycles. The minimum atomic E-state index is -0.902. The number of nitro benzene ring substituents is 1. The second-order valence-corrected chi connectivity index (χ2v) is 3.67. The van der Waals surface area contributed by atoms with Crippen LogP contribution in [0.4, 0.5) is 10.1 Å². The average molecular weight is 255 g/mol. The fraction of sp³-hybridized carbons (Fsp3) is 0.364. The van der Waals surface area contributed by atoms with Crippen molar-refractivity contribution < 1.29 is 14.1 Å². The Morgan fingerprint density at radius 1 is 1.44 bits per heavy atom. The summed E-state index contributed by atoms with van der Waals surface area (Å²) in [5, 5.41) is 12.9. The monoisotopic (exact) mass is 255 g/mol. The Balaban J connectivity index is 2.66. The van der Waals surface area contributed by atoms with Crippen LogP contribution < -0.4 is 11.1 Å². The van der Waals surface area contributed by atoms with E-state index in [2.05, 4.69) is 5.32 Å². The number of hydrogen-bond donors (Lipinski definition) is 2. The Hall–Kier alpha value is -2.02. The van der Waals surface area contributed by atoms with Gasteiger partial charge in [0.1, 0.15) is 5.82 Å². The van der Waals surface area contributed by atoms with E-state index in [0.717, 1.165) is 24.6 Å². The average Bonchev–Trinajstić information content (AvgIpc) is 2.34. The lowest BCUT2D eigenvalue weighted by atomic mass is 10.1. The van der Waals surface area contributed by atoms with Gasteiger partial charge in [-0.05, 0) is 25.5 Å². The Morgan fingerprint density at radius 3 is 2.72 bits per heavy atom. The van der Waals surface area contributed by atoms with Gasteiger partial charge in [-0.2, -0.15) is 0 Å². The van der Waals surface area contributed by atoms with Gasteiger partial charge in [-0.3, -0.25) is 14.9 Å². The van der Waals surface area contributed by atoms with Gasteiger partial charge < -0.3 is 11.1 Å². The Labute approximate surface area is 103 Å². The van der Waals surface area contributed by atoms with Crippen LogP contribution in [0, 0.1) is 15.9 Å². The van der Waals surface area contributed by atoms with Gasteiger partial charge in [-0.1, -0.05) is 0 Å². The summed E-state index contributed by atoms with van der Waals surface area (Å²) in [4.78, 5) is 21.2. The van der Waals surface area contributed by atoms with E-state index in [0.29, 0.717) is 19.5 Å². The van der Waals surface area contributed by atoms with Gasteiger partial charge in [0.2, 0.25) is 0 Å². The van der Waals surface area contributed by atoms with E-state index in [4.69, 9.17) is 5.73 Å². The van der Waals surface area contributed by atoms with Crippen LogP contribution in [-0.4, -0.2) is 23.9 Å². The van der Waals surface area contributed by atoms with E-state index >= 15 is 0 Å². The molecule has 0 saturated heterocycles. The third-order valence-corrected chi connectivity index (χ3v) is 2.32. The van der Waals surface area contributed by atoms with Crippen LogP contribution in [-0.2, 0) is 0 Å². The first-order valence-corrected chi connectivity index (χ1v) is 5.48. The highest BCUT2D eigenvalue weighted by molar-refractivity contribution is 5.94. The van der Waals surface area contributed by atoms with Gasteiger partial charge in [0.15, 0.2) is 0 Å². The van der Waals surface area contributed by atoms with Gasteiger partial charge in [-0.15, -0.1) is 0 Å². The second-order valence-electron chi connectivity index (χ2n) is 3.67. The standard InChI is InChI=1S/C11H14FN3O3/c12-10-7-8(15(17)18)3-4-9(10)11(16)14-6-2-1-5-13/h3-4,7H,1-2,5-6,13H2,(H,14,16). The van der Waals surface area contributed by atoms with Crippen LogP contribution in [0.2, 0.25) is 0 Å². The molecule has 0 unspecified atom stereocenters. The lowest BCUT2D eigenvalue weighted by Gasteiger charge is -2.05. The van der Waals surface area contributed by atoms with E-state index in [1.54, 1.807) is 0 Å². The molecule has 6 nitrogen and oxygen atoms in total. The number of nitro groups is 1. The van der Waals surface area contributed by atoms with Gasteiger partial charge in [0.25, 0.3) is 11.6 Å². The molecule has 0 bridgehead atoms. The van der Waals surface area contributed by atoms with E-state index in [-0.39, 0.29) is 11.3 Å². The number of benzene rings is 1. The molecule has 0 aliphatic heterocycles. The SMILES string of the molecule is NCCCCNC(=O)c1ccc([N+](=O)[O-])cc1F. The maximum absolute atomic E-state index is 13.5. The molecule has 18 heavy (non-hydrogen) atoms. The topological polar surface area (TPSA) is 98.3 Å². The molecule has 0 fully saturated rings. The Bertz CT molecular complexity index is 451. The van der Waals surface area contributed by atoms with Crippen LogP contribution in [0.25, 0.3) is 0 Å². The predicted octanol–water partition coefficient (Wildman–Crippen LogP) is 1.20. The zero-order valence-electron chi connectivity index (χ0n) is 9.69. The maximum Gasteiger partial charge on any atom is 0.272 e. The number of rotatable bonds is 6. The lowest BCUT2D eigenvalue weighted by Crippen LogP contribution is -2.25. The van der Waals surface area contributed by atoms with Gasteiger partial charge >= 0.3 is 0 Å². The Kier molecular flexibility index (Phi) is 5.19. The highest BCUT2D eigenvalue weighted by atomic mass is 19.1. The van der Waals surface area contributed by atoms with Crippen molar-refractivity contribution in [3.05, 3.63) is 39.7 Å². The lowest BCUT2D eigenvalue weighted by molar-refractivity contribution is -0.385. The molecule has 1 rings (SSSR count). The van der Waals surface area contributed by atoms with Crippen LogP contribution in [0.1, 0.15) is 23.2 Å². The zero-order valence-corrected chi connectivity index (χ0v) is 9.69. The maximum atomic E-state index is 13.5. The molecule has 3 N–H and O–H groups in total. The first-order chi connectivity index (χ1) is 8.56. The summed E-state index contributed by atoms with van der Waals surface area (Å²) >= 11 is 0. The number of halogens is 1. The number of nitrogens with zero attached hydrogens (tertiary/aromatic N) is 1. The summed E-state index contributed by atoms with van der Waals surface area (Å²) in [5.41, 5.74) is 4.71. The number of amides is 1. The molecule has 0 heterocycles. The minimum absolute atomic E-state index is 0.201. The normalized spacial score (nSPS) is 10.1. The molecule has 7 heteroatoms. The number of nitrogens with one attached hydrogen (secondary N) is 1. The first-order valence-electron chi connectivity index (χ1n) is 5.48. The van der Waals surface area contributed by atoms with Crippen LogP contribution in [0.5, 0.6) is 0 Å². The molecule has 1 aromatic rings. The number of unbranched alkanes of at least 4 members (excludes halogenated alkanes) is 1. The van der Waals surface area contributed by atoms with Crippen LogP contribution >= 0.6 is 0 Å². The molecule has 1 aromatic carbocycles. The first kappa shape index (κ1) is 14.0. The largest absolute Gasteiger partial charge is 0.352 e. The molecule has 0 aliphatic rings. The smallest absolute Gasteiger partial charge is 0.272 e. The number of nitrogens with two attached hydrogens (primary N) is 1. The summed E-state index contributed by atoms with van der Waals surface area (Å²) in [5.74, 6) is -1.49. The van der Waals surface area contributed by atoms with Crippen molar-refractivity contribution >= 4 is 11.6 Å². The molecule has 0 saturated carbocycles. The van der Waals surface area contributed by atoms with Crippen molar-refractivity contribution in [2.24, 2.45) is 5.73 Å². The minimum Gasteiger partial charge on any atom is -0.352 e. The molecule has 0 aliphatic carbocycles.